The van der Waals surface area contributed by atoms with E-state index in [0.29, 0.717) is 0 Å². The molecular weight excluding hydrogens is 326 g/mol. The standard InChI is InChI=1S/3C3H4O2.2C2H6O.CHNO/c3*1-2-3(4)5;2*1-2-3;2-1-3/h3*2H,1H2,(H,4,5);2*3H,2H2,1H3;2H. The molecule has 0 heterocycles. The average Bonchev–Trinajstić information content (AvgIpc) is 2.50. The number of rotatable bonds is 3. The van der Waals surface area contributed by atoms with Crippen LogP contribution in [0.2, 0.25) is 0 Å². The van der Waals surface area contributed by atoms with Crippen molar-refractivity contribution < 1.29 is 44.7 Å². The molecule has 0 aromatic rings. The van der Waals surface area contributed by atoms with E-state index >= 15 is 0 Å². The summed E-state index contributed by atoms with van der Waals surface area (Å²) in [5.74, 6) is -2.94. The van der Waals surface area contributed by atoms with Crippen LogP contribution in [-0.4, -0.2) is 62.7 Å². The Morgan fingerprint density at radius 2 is 0.875 bits per heavy atom. The van der Waals surface area contributed by atoms with Gasteiger partial charge in [-0.2, -0.15) is 0 Å². The van der Waals surface area contributed by atoms with Crippen LogP contribution in [-0.2, 0) is 19.2 Å². The topological polar surface area (TPSA) is 193 Å². The van der Waals surface area contributed by atoms with E-state index in [4.69, 9.17) is 35.7 Å². The number of isocyanates is 1. The zero-order chi connectivity index (χ0) is 21.0. The summed E-state index contributed by atoms with van der Waals surface area (Å²) >= 11 is 0. The maximum atomic E-state index is 9.25. The highest BCUT2D eigenvalue weighted by Crippen LogP contribution is 1.55. The zero-order valence-electron chi connectivity index (χ0n) is 13.6. The number of carboxylic acid groups (broad SMARTS) is 3. The number of aliphatic hydroxyl groups excluding tert-OH is 2. The first kappa shape index (κ1) is 37.3. The molecule has 0 atom stereocenters. The van der Waals surface area contributed by atoms with E-state index in [1.165, 1.54) is 0 Å². The Kier molecular flexibility index (Phi) is 78.0. The molecule has 0 rings (SSSR count). The van der Waals surface area contributed by atoms with Crippen LogP contribution in [0.5, 0.6) is 0 Å². The second-order valence-electron chi connectivity index (χ2n) is 2.36. The van der Waals surface area contributed by atoms with Crippen LogP contribution in [0.1, 0.15) is 13.8 Å². The second-order valence-corrected chi connectivity index (χ2v) is 2.36. The van der Waals surface area contributed by atoms with Crippen LogP contribution in [0.25, 0.3) is 0 Å². The molecule has 0 amide bonds. The number of hydrogen-bond donors (Lipinski definition) is 6. The average molecular weight is 351 g/mol. The summed E-state index contributed by atoms with van der Waals surface area (Å²) in [4.78, 5) is 36.1. The lowest BCUT2D eigenvalue weighted by molar-refractivity contribution is -0.132. The van der Waals surface area contributed by atoms with Crippen LogP contribution in [0, 0.1) is 5.41 Å². The molecule has 24 heavy (non-hydrogen) atoms. The molecular formula is C14H25NO9. The molecule has 0 aliphatic carbocycles. The van der Waals surface area contributed by atoms with Gasteiger partial charge < -0.3 is 25.5 Å². The molecule has 0 aliphatic rings. The fourth-order valence-electron chi connectivity index (χ4n) is 0. The van der Waals surface area contributed by atoms with E-state index in [1.807, 2.05) is 0 Å². The molecule has 0 aliphatic heterocycles. The van der Waals surface area contributed by atoms with E-state index < -0.39 is 17.9 Å². The first-order chi connectivity index (χ1) is 11.1. The third-order valence-electron chi connectivity index (χ3n) is 0.524. The van der Waals surface area contributed by atoms with Gasteiger partial charge in [0.25, 0.3) is 0 Å². The Morgan fingerprint density at radius 1 is 0.833 bits per heavy atom. The van der Waals surface area contributed by atoms with Gasteiger partial charge in [0.15, 0.2) is 0 Å². The number of aliphatic carboxylic acids is 3. The predicted octanol–water partition coefficient (Wildman–Crippen LogP) is 0.669. The third kappa shape index (κ3) is 709. The molecule has 0 aromatic carbocycles. The second kappa shape index (κ2) is 50.2. The van der Waals surface area contributed by atoms with Crippen molar-refractivity contribution in [2.75, 3.05) is 13.2 Å². The van der Waals surface area contributed by atoms with Crippen LogP contribution >= 0.6 is 0 Å². The first-order valence-electron chi connectivity index (χ1n) is 5.87. The predicted molar refractivity (Wildman–Crippen MR) is 87.4 cm³/mol. The summed E-state index contributed by atoms with van der Waals surface area (Å²) in [5, 5.41) is 43.4. The first-order valence-corrected chi connectivity index (χ1v) is 5.87. The maximum absolute atomic E-state index is 9.25. The lowest BCUT2D eigenvalue weighted by Gasteiger charge is -1.64. The number of nitrogens with one attached hydrogen (secondary N) is 1. The number of carboxylic acids is 3. The van der Waals surface area contributed by atoms with Crippen molar-refractivity contribution in [3.05, 3.63) is 38.0 Å². The molecule has 0 spiro atoms. The SMILES string of the molecule is C=CC(=O)O.C=CC(=O)O.C=CC(=O)O.CCO.CCO.N=C=O. The summed E-state index contributed by atoms with van der Waals surface area (Å²) in [5.41, 5.74) is 0. The van der Waals surface area contributed by atoms with Crippen molar-refractivity contribution in [2.24, 2.45) is 0 Å². The Morgan fingerprint density at radius 3 is 0.875 bits per heavy atom. The number of hydrogen-bond acceptors (Lipinski definition) is 7. The van der Waals surface area contributed by atoms with Crippen molar-refractivity contribution in [1.29, 1.82) is 5.41 Å². The maximum Gasteiger partial charge on any atom is 0.327 e. The van der Waals surface area contributed by atoms with Crippen molar-refractivity contribution in [3.8, 4) is 0 Å². The van der Waals surface area contributed by atoms with Crippen molar-refractivity contribution in [1.82, 2.24) is 0 Å². The van der Waals surface area contributed by atoms with Gasteiger partial charge in [0, 0.05) is 31.4 Å². The van der Waals surface area contributed by atoms with Crippen LogP contribution in [0.15, 0.2) is 38.0 Å². The van der Waals surface area contributed by atoms with Crippen molar-refractivity contribution in [2.45, 2.75) is 13.8 Å². The Balaban J connectivity index is -0.0000000413. The van der Waals surface area contributed by atoms with Gasteiger partial charge in [-0.3, -0.25) is 0 Å². The van der Waals surface area contributed by atoms with Crippen LogP contribution in [0.4, 0.5) is 0 Å². The molecule has 0 radical (unpaired) electrons. The van der Waals surface area contributed by atoms with Gasteiger partial charge in [-0.1, -0.05) is 19.7 Å². The molecule has 0 bridgehead atoms. The minimum Gasteiger partial charge on any atom is -0.478 e. The fourth-order valence-corrected chi connectivity index (χ4v) is 0. The van der Waals surface area contributed by atoms with Crippen molar-refractivity contribution in [3.63, 3.8) is 0 Å². The largest absolute Gasteiger partial charge is 0.478 e. The quantitative estimate of drug-likeness (QED) is 0.240. The smallest absolute Gasteiger partial charge is 0.327 e. The third-order valence-corrected chi connectivity index (χ3v) is 0.524. The Labute approximate surface area is 140 Å². The monoisotopic (exact) mass is 351 g/mol. The summed E-state index contributed by atoms with van der Waals surface area (Å²) in [6.45, 7) is 12.7. The Bertz CT molecular complexity index is 314. The highest BCUT2D eigenvalue weighted by atomic mass is 16.4. The molecule has 6 N–H and O–H groups in total. The summed E-state index contributed by atoms with van der Waals surface area (Å²) in [7, 11) is 0. The lowest BCUT2D eigenvalue weighted by Crippen LogP contribution is -1.82. The van der Waals surface area contributed by atoms with Crippen LogP contribution < -0.4 is 0 Å². The Hall–Kier alpha value is -3.07. The van der Waals surface area contributed by atoms with E-state index in [9.17, 15) is 14.4 Å². The molecule has 0 aromatic heterocycles. The van der Waals surface area contributed by atoms with Gasteiger partial charge in [0.2, 0.25) is 6.08 Å². The minimum absolute atomic E-state index is 0.250. The highest BCUT2D eigenvalue weighted by molar-refractivity contribution is 5.79. The van der Waals surface area contributed by atoms with E-state index in [1.54, 1.807) is 13.8 Å². The van der Waals surface area contributed by atoms with E-state index in [0.717, 1.165) is 24.3 Å². The summed E-state index contributed by atoms with van der Waals surface area (Å²) in [6, 6.07) is 0. The minimum atomic E-state index is -0.981. The molecule has 0 saturated carbocycles. The fraction of sp³-hybridized carbons (Fsp3) is 0.286. The molecule has 10 heteroatoms. The van der Waals surface area contributed by atoms with Gasteiger partial charge >= 0.3 is 17.9 Å². The normalized spacial score (nSPS) is 5.83. The van der Waals surface area contributed by atoms with Crippen LogP contribution in [0.3, 0.4) is 0 Å². The lowest BCUT2D eigenvalue weighted by atomic mass is 10.7. The zero-order valence-corrected chi connectivity index (χ0v) is 13.6. The van der Waals surface area contributed by atoms with Gasteiger partial charge in [-0.25, -0.2) is 24.6 Å². The number of carbonyl (C=O) groups is 3. The summed E-state index contributed by atoms with van der Waals surface area (Å²) in [6.07, 6.45) is 3.25. The molecule has 0 unspecified atom stereocenters. The molecule has 10 nitrogen and oxygen atoms in total. The number of aliphatic hydroxyl groups is 2. The van der Waals surface area contributed by atoms with Crippen molar-refractivity contribution >= 4 is 24.0 Å². The van der Waals surface area contributed by atoms with Gasteiger partial charge in [-0.15, -0.1) is 0 Å². The molecule has 0 fully saturated rings. The van der Waals surface area contributed by atoms with Gasteiger partial charge in [0.1, 0.15) is 0 Å². The number of carbonyl (C=O) groups excluding carboxylic acids is 1. The van der Waals surface area contributed by atoms with E-state index in [-0.39, 0.29) is 13.2 Å². The van der Waals surface area contributed by atoms with Gasteiger partial charge in [-0.05, 0) is 13.8 Å². The summed E-state index contributed by atoms with van der Waals surface area (Å²) < 4.78 is 0. The molecule has 0 saturated heterocycles. The molecule has 140 valence electrons. The van der Waals surface area contributed by atoms with E-state index in [2.05, 4.69) is 19.7 Å². The highest BCUT2D eigenvalue weighted by Gasteiger charge is 1.74. The van der Waals surface area contributed by atoms with Gasteiger partial charge in [0.05, 0.1) is 0 Å².